The van der Waals surface area contributed by atoms with Crippen LogP contribution in [-0.2, 0) is 11.3 Å². The van der Waals surface area contributed by atoms with Crippen LogP contribution in [0.4, 0.5) is 4.39 Å². The van der Waals surface area contributed by atoms with Gasteiger partial charge in [-0.2, -0.15) is 0 Å². The van der Waals surface area contributed by atoms with Crippen molar-refractivity contribution in [1.29, 1.82) is 0 Å². The van der Waals surface area contributed by atoms with E-state index in [1.807, 2.05) is 6.07 Å². The van der Waals surface area contributed by atoms with Gasteiger partial charge in [-0.25, -0.2) is 4.39 Å². The van der Waals surface area contributed by atoms with Crippen LogP contribution in [0, 0.1) is 5.82 Å². The van der Waals surface area contributed by atoms with E-state index in [9.17, 15) is 4.39 Å². The second-order valence-electron chi connectivity index (χ2n) is 5.44. The molecular weight excluding hydrogens is 241 g/mol. The molecule has 1 saturated heterocycles. The molecule has 106 valence electrons. The molecule has 2 rings (SSSR count). The lowest BCUT2D eigenvalue weighted by Crippen LogP contribution is -2.46. The third-order valence-corrected chi connectivity index (χ3v) is 4.27. The summed E-state index contributed by atoms with van der Waals surface area (Å²) >= 11 is 0. The first-order chi connectivity index (χ1) is 9.17. The summed E-state index contributed by atoms with van der Waals surface area (Å²) in [5.74, 6) is -0.164. The first-order valence-corrected chi connectivity index (χ1v) is 7.29. The third-order valence-electron chi connectivity index (χ3n) is 4.27. The Hall–Kier alpha value is -0.930. The molecule has 0 bridgehead atoms. The van der Waals surface area contributed by atoms with Crippen LogP contribution in [-0.4, -0.2) is 18.2 Å². The Labute approximate surface area is 115 Å². The van der Waals surface area contributed by atoms with Crippen molar-refractivity contribution in [3.8, 4) is 0 Å². The SMILES string of the molecule is CCC1(CC)CC(NCc2cccc(F)c2)CCO1. The summed E-state index contributed by atoms with van der Waals surface area (Å²) in [6.45, 7) is 5.94. The summed E-state index contributed by atoms with van der Waals surface area (Å²) in [7, 11) is 0. The van der Waals surface area contributed by atoms with Crippen molar-refractivity contribution in [1.82, 2.24) is 5.32 Å². The Kier molecular flexibility index (Phi) is 4.94. The minimum atomic E-state index is -0.164. The second kappa shape index (κ2) is 6.49. The molecule has 1 aliphatic rings. The maximum absolute atomic E-state index is 13.1. The summed E-state index contributed by atoms with van der Waals surface area (Å²) in [6.07, 6.45) is 4.20. The van der Waals surface area contributed by atoms with E-state index >= 15 is 0 Å². The molecule has 2 nitrogen and oxygen atoms in total. The smallest absolute Gasteiger partial charge is 0.123 e. The fraction of sp³-hybridized carbons (Fsp3) is 0.625. The average molecular weight is 265 g/mol. The van der Waals surface area contributed by atoms with E-state index in [0.29, 0.717) is 6.04 Å². The monoisotopic (exact) mass is 265 g/mol. The lowest BCUT2D eigenvalue weighted by molar-refractivity contribution is -0.0932. The van der Waals surface area contributed by atoms with Crippen LogP contribution in [0.15, 0.2) is 24.3 Å². The number of benzene rings is 1. The fourth-order valence-electron chi connectivity index (χ4n) is 2.85. The van der Waals surface area contributed by atoms with Gasteiger partial charge in [0.25, 0.3) is 0 Å². The van der Waals surface area contributed by atoms with Crippen molar-refractivity contribution >= 4 is 0 Å². The van der Waals surface area contributed by atoms with E-state index in [1.54, 1.807) is 12.1 Å². The number of hydrogen-bond acceptors (Lipinski definition) is 2. The van der Waals surface area contributed by atoms with Crippen LogP contribution in [0.2, 0.25) is 0 Å². The molecule has 1 heterocycles. The Morgan fingerprint density at radius 1 is 1.37 bits per heavy atom. The largest absolute Gasteiger partial charge is 0.375 e. The summed E-state index contributed by atoms with van der Waals surface area (Å²) in [4.78, 5) is 0. The fourth-order valence-corrected chi connectivity index (χ4v) is 2.85. The minimum absolute atomic E-state index is 0.0395. The van der Waals surface area contributed by atoms with Crippen molar-refractivity contribution < 1.29 is 9.13 Å². The quantitative estimate of drug-likeness (QED) is 0.877. The highest BCUT2D eigenvalue weighted by Crippen LogP contribution is 2.31. The van der Waals surface area contributed by atoms with Gasteiger partial charge in [0.2, 0.25) is 0 Å². The topological polar surface area (TPSA) is 21.3 Å². The van der Waals surface area contributed by atoms with Crippen molar-refractivity contribution in [2.75, 3.05) is 6.61 Å². The highest BCUT2D eigenvalue weighted by Gasteiger charge is 2.34. The van der Waals surface area contributed by atoms with Gasteiger partial charge in [0.05, 0.1) is 5.60 Å². The Bertz CT molecular complexity index is 403. The molecule has 0 spiro atoms. The van der Waals surface area contributed by atoms with Crippen molar-refractivity contribution in [3.63, 3.8) is 0 Å². The van der Waals surface area contributed by atoms with Crippen LogP contribution in [0.1, 0.15) is 45.1 Å². The van der Waals surface area contributed by atoms with Crippen molar-refractivity contribution in [2.45, 2.75) is 57.7 Å². The molecule has 1 aromatic rings. The average Bonchev–Trinajstić information content (AvgIpc) is 2.45. The molecule has 1 unspecified atom stereocenters. The predicted molar refractivity (Wildman–Crippen MR) is 75.5 cm³/mol. The summed E-state index contributed by atoms with van der Waals surface area (Å²) < 4.78 is 19.1. The van der Waals surface area contributed by atoms with Gasteiger partial charge in [0, 0.05) is 19.2 Å². The van der Waals surface area contributed by atoms with Crippen LogP contribution in [0.5, 0.6) is 0 Å². The summed E-state index contributed by atoms with van der Waals surface area (Å²) in [5.41, 5.74) is 1.04. The van der Waals surface area contributed by atoms with E-state index in [4.69, 9.17) is 4.74 Å². The molecule has 1 atom stereocenters. The molecule has 0 saturated carbocycles. The van der Waals surface area contributed by atoms with Crippen molar-refractivity contribution in [3.05, 3.63) is 35.6 Å². The molecular formula is C16H24FNO. The zero-order valence-corrected chi connectivity index (χ0v) is 11.9. The van der Waals surface area contributed by atoms with Crippen LogP contribution < -0.4 is 5.32 Å². The normalized spacial score (nSPS) is 22.4. The van der Waals surface area contributed by atoms with E-state index in [1.165, 1.54) is 6.07 Å². The highest BCUT2D eigenvalue weighted by molar-refractivity contribution is 5.16. The Morgan fingerprint density at radius 2 is 2.16 bits per heavy atom. The molecule has 0 amide bonds. The van der Waals surface area contributed by atoms with Gasteiger partial charge < -0.3 is 10.1 Å². The molecule has 0 aliphatic carbocycles. The minimum Gasteiger partial charge on any atom is -0.375 e. The Balaban J connectivity index is 1.89. The molecule has 1 fully saturated rings. The number of ether oxygens (including phenoxy) is 1. The van der Waals surface area contributed by atoms with Crippen LogP contribution >= 0.6 is 0 Å². The number of hydrogen-bond donors (Lipinski definition) is 1. The molecule has 1 aromatic carbocycles. The van der Waals surface area contributed by atoms with Gasteiger partial charge in [0.1, 0.15) is 5.82 Å². The van der Waals surface area contributed by atoms with E-state index in [-0.39, 0.29) is 11.4 Å². The highest BCUT2D eigenvalue weighted by atomic mass is 19.1. The van der Waals surface area contributed by atoms with Gasteiger partial charge in [-0.15, -0.1) is 0 Å². The second-order valence-corrected chi connectivity index (χ2v) is 5.44. The van der Waals surface area contributed by atoms with Gasteiger partial charge in [-0.3, -0.25) is 0 Å². The zero-order valence-electron chi connectivity index (χ0n) is 11.9. The van der Waals surface area contributed by atoms with E-state index in [2.05, 4.69) is 19.2 Å². The molecule has 19 heavy (non-hydrogen) atoms. The molecule has 1 aliphatic heterocycles. The maximum Gasteiger partial charge on any atom is 0.123 e. The lowest BCUT2D eigenvalue weighted by Gasteiger charge is -2.40. The van der Waals surface area contributed by atoms with Gasteiger partial charge in [-0.1, -0.05) is 26.0 Å². The van der Waals surface area contributed by atoms with Gasteiger partial charge in [-0.05, 0) is 43.4 Å². The van der Waals surface area contributed by atoms with E-state index in [0.717, 1.165) is 44.4 Å². The molecule has 3 heteroatoms. The standard InChI is InChI=1S/C16H24FNO/c1-3-16(4-2)11-15(8-9-19-16)18-12-13-6-5-7-14(17)10-13/h5-7,10,15,18H,3-4,8-9,11-12H2,1-2H3. The van der Waals surface area contributed by atoms with Crippen LogP contribution in [0.25, 0.3) is 0 Å². The van der Waals surface area contributed by atoms with Gasteiger partial charge >= 0.3 is 0 Å². The first kappa shape index (κ1) is 14.5. The Morgan fingerprint density at radius 3 is 2.84 bits per heavy atom. The number of halogens is 1. The zero-order chi connectivity index (χ0) is 13.7. The lowest BCUT2D eigenvalue weighted by atomic mass is 9.86. The third kappa shape index (κ3) is 3.77. The summed E-state index contributed by atoms with van der Waals surface area (Å²) in [5, 5.41) is 3.54. The summed E-state index contributed by atoms with van der Waals surface area (Å²) in [6, 6.07) is 7.27. The number of rotatable bonds is 5. The predicted octanol–water partition coefficient (Wildman–Crippen LogP) is 3.65. The molecule has 1 N–H and O–H groups in total. The van der Waals surface area contributed by atoms with E-state index < -0.39 is 0 Å². The first-order valence-electron chi connectivity index (χ1n) is 7.29. The molecule has 0 radical (unpaired) electrons. The molecule has 0 aromatic heterocycles. The number of nitrogens with one attached hydrogen (secondary N) is 1. The maximum atomic E-state index is 13.1. The van der Waals surface area contributed by atoms with Crippen LogP contribution in [0.3, 0.4) is 0 Å². The van der Waals surface area contributed by atoms with Crippen molar-refractivity contribution in [2.24, 2.45) is 0 Å². The van der Waals surface area contributed by atoms with Gasteiger partial charge in [0.15, 0.2) is 0 Å².